The fourth-order valence-corrected chi connectivity index (χ4v) is 3.03. The summed E-state index contributed by atoms with van der Waals surface area (Å²) in [4.78, 5) is 3.87. The zero-order valence-corrected chi connectivity index (χ0v) is 13.2. The van der Waals surface area contributed by atoms with Crippen LogP contribution in [0, 0.1) is 0 Å². The van der Waals surface area contributed by atoms with Crippen LogP contribution in [0.2, 0.25) is 0 Å². The molecule has 23 heavy (non-hydrogen) atoms. The molecular formula is C16H15N3O3S. The standard InChI is InChI=1S/C16H15N3O3S/c1-19-11-16(17-12-19)23(20,21)18-14-9-5-6-10-15(14)22-13-7-3-2-4-8-13/h2-12,18H,1H3. The average Bonchev–Trinajstić information content (AvgIpc) is 2.98. The van der Waals surface area contributed by atoms with Gasteiger partial charge in [0, 0.05) is 13.2 Å². The number of sulfonamides is 1. The van der Waals surface area contributed by atoms with Crippen molar-refractivity contribution in [3.8, 4) is 11.5 Å². The summed E-state index contributed by atoms with van der Waals surface area (Å²) in [6.45, 7) is 0. The summed E-state index contributed by atoms with van der Waals surface area (Å²) in [5.74, 6) is 1.04. The van der Waals surface area contributed by atoms with Crippen LogP contribution in [0.3, 0.4) is 0 Å². The minimum Gasteiger partial charge on any atom is -0.455 e. The third-order valence-electron chi connectivity index (χ3n) is 3.06. The van der Waals surface area contributed by atoms with Gasteiger partial charge in [-0.1, -0.05) is 30.3 Å². The van der Waals surface area contributed by atoms with Crippen molar-refractivity contribution < 1.29 is 13.2 Å². The maximum absolute atomic E-state index is 12.4. The molecule has 0 unspecified atom stereocenters. The highest BCUT2D eigenvalue weighted by atomic mass is 32.2. The van der Waals surface area contributed by atoms with Crippen molar-refractivity contribution >= 4 is 15.7 Å². The van der Waals surface area contributed by atoms with Crippen molar-refractivity contribution in [2.45, 2.75) is 5.03 Å². The second-order valence-corrected chi connectivity index (χ2v) is 6.52. The largest absolute Gasteiger partial charge is 0.455 e. The molecule has 0 atom stereocenters. The molecule has 7 heteroatoms. The lowest BCUT2D eigenvalue weighted by molar-refractivity contribution is 0.485. The molecule has 1 aromatic heterocycles. The van der Waals surface area contributed by atoms with Crippen molar-refractivity contribution in [3.05, 3.63) is 67.1 Å². The van der Waals surface area contributed by atoms with E-state index in [-0.39, 0.29) is 5.03 Å². The van der Waals surface area contributed by atoms with Gasteiger partial charge in [0.05, 0.1) is 12.0 Å². The second-order valence-electron chi connectivity index (χ2n) is 4.89. The minimum atomic E-state index is -3.77. The Hall–Kier alpha value is -2.80. The van der Waals surface area contributed by atoms with Crippen molar-refractivity contribution in [2.24, 2.45) is 7.05 Å². The van der Waals surface area contributed by atoms with Crippen molar-refractivity contribution in [1.29, 1.82) is 0 Å². The average molecular weight is 329 g/mol. The van der Waals surface area contributed by atoms with E-state index in [4.69, 9.17) is 4.74 Å². The van der Waals surface area contributed by atoms with Crippen LogP contribution in [0.15, 0.2) is 72.1 Å². The fraction of sp³-hybridized carbons (Fsp3) is 0.0625. The van der Waals surface area contributed by atoms with Crippen LogP contribution in [0.5, 0.6) is 11.5 Å². The number of imidazole rings is 1. The highest BCUT2D eigenvalue weighted by Crippen LogP contribution is 2.30. The second kappa shape index (κ2) is 6.13. The van der Waals surface area contributed by atoms with Gasteiger partial charge in [0.25, 0.3) is 10.0 Å². The van der Waals surface area contributed by atoms with Gasteiger partial charge >= 0.3 is 0 Å². The molecule has 3 aromatic rings. The number of para-hydroxylation sites is 3. The van der Waals surface area contributed by atoms with Crippen LogP contribution in [0.25, 0.3) is 0 Å². The molecule has 1 heterocycles. The predicted molar refractivity (Wildman–Crippen MR) is 87.0 cm³/mol. The van der Waals surface area contributed by atoms with Gasteiger partial charge in [-0.3, -0.25) is 4.72 Å². The molecule has 0 fully saturated rings. The van der Waals surface area contributed by atoms with Gasteiger partial charge in [-0.15, -0.1) is 0 Å². The third-order valence-corrected chi connectivity index (χ3v) is 4.31. The number of hydrogen-bond donors (Lipinski definition) is 1. The number of rotatable bonds is 5. The molecule has 1 N–H and O–H groups in total. The quantitative estimate of drug-likeness (QED) is 0.781. The number of aryl methyl sites for hydroxylation is 1. The highest BCUT2D eigenvalue weighted by molar-refractivity contribution is 7.92. The summed E-state index contributed by atoms with van der Waals surface area (Å²) in [5.41, 5.74) is 0.349. The van der Waals surface area contributed by atoms with Crippen LogP contribution < -0.4 is 9.46 Å². The Morgan fingerprint density at radius 2 is 1.74 bits per heavy atom. The predicted octanol–water partition coefficient (Wildman–Crippen LogP) is 3.01. The molecule has 0 saturated carbocycles. The Morgan fingerprint density at radius 3 is 2.43 bits per heavy atom. The Morgan fingerprint density at radius 1 is 1.04 bits per heavy atom. The maximum Gasteiger partial charge on any atom is 0.281 e. The Balaban J connectivity index is 1.89. The monoisotopic (exact) mass is 329 g/mol. The van der Waals surface area contributed by atoms with E-state index in [1.807, 2.05) is 18.2 Å². The summed E-state index contributed by atoms with van der Waals surface area (Å²) < 4.78 is 34.6. The van der Waals surface area contributed by atoms with Crippen molar-refractivity contribution in [2.75, 3.05) is 4.72 Å². The highest BCUT2D eigenvalue weighted by Gasteiger charge is 2.19. The lowest BCUT2D eigenvalue weighted by Gasteiger charge is -2.12. The molecule has 0 aliphatic carbocycles. The van der Waals surface area contributed by atoms with E-state index in [9.17, 15) is 8.42 Å². The van der Waals surface area contributed by atoms with E-state index >= 15 is 0 Å². The van der Waals surface area contributed by atoms with Gasteiger partial charge in [0.15, 0.2) is 10.8 Å². The Bertz CT molecular complexity index is 905. The molecule has 0 aliphatic heterocycles. The third kappa shape index (κ3) is 3.51. The normalized spacial score (nSPS) is 11.2. The fourth-order valence-electron chi connectivity index (χ4n) is 1.98. The molecule has 3 rings (SSSR count). The van der Waals surface area contributed by atoms with Gasteiger partial charge in [-0.25, -0.2) is 4.98 Å². The number of benzene rings is 2. The van der Waals surface area contributed by atoms with Crippen LogP contribution in [-0.4, -0.2) is 18.0 Å². The molecule has 0 radical (unpaired) electrons. The van der Waals surface area contributed by atoms with Gasteiger partial charge in [0.2, 0.25) is 0 Å². The van der Waals surface area contributed by atoms with E-state index in [1.165, 1.54) is 12.5 Å². The first-order chi connectivity index (χ1) is 11.0. The maximum atomic E-state index is 12.4. The number of nitrogens with zero attached hydrogens (tertiary/aromatic N) is 2. The summed E-state index contributed by atoms with van der Waals surface area (Å²) >= 11 is 0. The number of nitrogens with one attached hydrogen (secondary N) is 1. The molecule has 0 bridgehead atoms. The zero-order chi connectivity index (χ0) is 16.3. The number of hydrogen-bond acceptors (Lipinski definition) is 4. The lowest BCUT2D eigenvalue weighted by atomic mass is 10.3. The van der Waals surface area contributed by atoms with E-state index in [0.717, 1.165) is 0 Å². The van der Waals surface area contributed by atoms with Crippen LogP contribution in [0.4, 0.5) is 5.69 Å². The van der Waals surface area contributed by atoms with E-state index in [2.05, 4.69) is 9.71 Å². The summed E-state index contributed by atoms with van der Waals surface area (Å²) in [5, 5.41) is -0.0467. The molecule has 0 spiro atoms. The molecule has 118 valence electrons. The van der Waals surface area contributed by atoms with E-state index in [1.54, 1.807) is 48.0 Å². The van der Waals surface area contributed by atoms with Gasteiger partial charge < -0.3 is 9.30 Å². The first-order valence-electron chi connectivity index (χ1n) is 6.87. The van der Waals surface area contributed by atoms with Crippen molar-refractivity contribution in [1.82, 2.24) is 9.55 Å². The van der Waals surface area contributed by atoms with Crippen molar-refractivity contribution in [3.63, 3.8) is 0 Å². The molecule has 2 aromatic carbocycles. The number of aromatic nitrogens is 2. The Kier molecular flexibility index (Phi) is 4.03. The van der Waals surface area contributed by atoms with Crippen LogP contribution in [-0.2, 0) is 17.1 Å². The topological polar surface area (TPSA) is 73.2 Å². The van der Waals surface area contributed by atoms with Crippen LogP contribution in [0.1, 0.15) is 0 Å². The molecule has 0 amide bonds. The smallest absolute Gasteiger partial charge is 0.281 e. The zero-order valence-electron chi connectivity index (χ0n) is 12.4. The first kappa shape index (κ1) is 15.1. The van der Waals surface area contributed by atoms with E-state index < -0.39 is 10.0 Å². The molecule has 0 saturated heterocycles. The number of anilines is 1. The van der Waals surface area contributed by atoms with E-state index in [0.29, 0.717) is 17.2 Å². The van der Waals surface area contributed by atoms with Gasteiger partial charge in [-0.05, 0) is 24.3 Å². The summed E-state index contributed by atoms with van der Waals surface area (Å²) in [7, 11) is -2.06. The Labute approximate surface area is 134 Å². The molecule has 0 aliphatic rings. The summed E-state index contributed by atoms with van der Waals surface area (Å²) in [6, 6.07) is 16.0. The molecular weight excluding hydrogens is 314 g/mol. The van der Waals surface area contributed by atoms with Gasteiger partial charge in [0.1, 0.15) is 5.75 Å². The van der Waals surface area contributed by atoms with Crippen LogP contribution >= 0.6 is 0 Å². The summed E-state index contributed by atoms with van der Waals surface area (Å²) in [6.07, 6.45) is 2.87. The SMILES string of the molecule is Cn1cnc(S(=O)(=O)Nc2ccccc2Oc2ccccc2)c1. The molecule has 6 nitrogen and oxygen atoms in total. The van der Waals surface area contributed by atoms with Gasteiger partial charge in [-0.2, -0.15) is 8.42 Å². The number of ether oxygens (including phenoxy) is 1. The minimum absolute atomic E-state index is 0.0467. The lowest BCUT2D eigenvalue weighted by Crippen LogP contribution is -2.14. The first-order valence-corrected chi connectivity index (χ1v) is 8.36.